The highest BCUT2D eigenvalue weighted by Crippen LogP contribution is 2.43. The van der Waals surface area contributed by atoms with Crippen molar-refractivity contribution in [3.63, 3.8) is 0 Å². The van der Waals surface area contributed by atoms with Gasteiger partial charge in [-0.2, -0.15) is 4.98 Å². The first-order valence-electron chi connectivity index (χ1n) is 6.98. The summed E-state index contributed by atoms with van der Waals surface area (Å²) in [4.78, 5) is 5.88. The molecule has 0 aromatic carbocycles. The van der Waals surface area contributed by atoms with Crippen molar-refractivity contribution in [3.8, 4) is 0 Å². The predicted octanol–water partition coefficient (Wildman–Crippen LogP) is 2.78. The largest absolute Gasteiger partial charge is 0.338 e. The van der Waals surface area contributed by atoms with Crippen LogP contribution in [0.15, 0.2) is 22.0 Å². The summed E-state index contributed by atoms with van der Waals surface area (Å²) in [5, 5.41) is 9.77. The number of hydrogen-bond donors (Lipinski definition) is 1. The van der Waals surface area contributed by atoms with Crippen molar-refractivity contribution in [1.29, 1.82) is 0 Å². The second kappa shape index (κ2) is 4.72. The van der Waals surface area contributed by atoms with Crippen molar-refractivity contribution in [2.45, 2.75) is 31.7 Å². The third-order valence-corrected chi connectivity index (χ3v) is 5.28. The first-order valence-corrected chi connectivity index (χ1v) is 7.86. The van der Waals surface area contributed by atoms with Crippen LogP contribution >= 0.6 is 11.3 Å². The minimum atomic E-state index is 0.289. The lowest BCUT2D eigenvalue weighted by Crippen LogP contribution is -2.18. The topological polar surface area (TPSA) is 51.0 Å². The summed E-state index contributed by atoms with van der Waals surface area (Å²) in [6, 6.07) is 4.46. The molecule has 0 bridgehead atoms. The summed E-state index contributed by atoms with van der Waals surface area (Å²) < 4.78 is 5.49. The zero-order chi connectivity index (χ0) is 12.7. The normalized spacial score (nSPS) is 29.8. The molecule has 5 heteroatoms. The smallest absolute Gasteiger partial charge is 0.244 e. The number of rotatable bonds is 3. The Hall–Kier alpha value is -1.20. The zero-order valence-electron chi connectivity index (χ0n) is 10.7. The molecule has 3 unspecified atom stereocenters. The molecule has 1 saturated heterocycles. The quantitative estimate of drug-likeness (QED) is 0.936. The Morgan fingerprint density at radius 1 is 1.42 bits per heavy atom. The fraction of sp³-hybridized carbons (Fsp3) is 0.571. The second-order valence-corrected chi connectivity index (χ2v) is 6.58. The zero-order valence-corrected chi connectivity index (χ0v) is 11.5. The van der Waals surface area contributed by atoms with E-state index in [0.717, 1.165) is 30.6 Å². The average molecular weight is 275 g/mol. The summed E-state index contributed by atoms with van der Waals surface area (Å²) in [6.07, 6.45) is 4.78. The molecule has 3 atom stereocenters. The Balaban J connectivity index is 1.51. The standard InChI is InChI=1S/C14H17N3OS/c1-3-9-8-15-13(11(9)5-1)14-16-12(17-18-14)7-10-4-2-6-19-10/h2,4,6,9,11,13,15H,1,3,5,7-8H2. The molecule has 3 heterocycles. The molecule has 2 fully saturated rings. The van der Waals surface area contributed by atoms with Crippen LogP contribution in [-0.2, 0) is 6.42 Å². The van der Waals surface area contributed by atoms with Crippen molar-refractivity contribution < 1.29 is 4.52 Å². The van der Waals surface area contributed by atoms with Crippen molar-refractivity contribution in [3.05, 3.63) is 34.1 Å². The van der Waals surface area contributed by atoms with Crippen LogP contribution in [0.1, 0.15) is 41.9 Å². The van der Waals surface area contributed by atoms with Crippen LogP contribution < -0.4 is 5.32 Å². The van der Waals surface area contributed by atoms with E-state index in [1.807, 2.05) is 0 Å². The SMILES string of the molecule is c1csc(Cc2noc(C3NCC4CCCC43)n2)c1. The maximum absolute atomic E-state index is 5.49. The first kappa shape index (κ1) is 11.6. The van der Waals surface area contributed by atoms with E-state index in [0.29, 0.717) is 5.92 Å². The average Bonchev–Trinajstić information content (AvgIpc) is 3.13. The summed E-state index contributed by atoms with van der Waals surface area (Å²) >= 11 is 1.74. The molecule has 4 nitrogen and oxygen atoms in total. The summed E-state index contributed by atoms with van der Waals surface area (Å²) in [7, 11) is 0. The van der Waals surface area contributed by atoms with Gasteiger partial charge in [-0.05, 0) is 42.7 Å². The Morgan fingerprint density at radius 2 is 2.42 bits per heavy atom. The van der Waals surface area contributed by atoms with E-state index in [9.17, 15) is 0 Å². The molecule has 100 valence electrons. The molecule has 2 aliphatic rings. The molecule has 2 aromatic rings. The molecule has 1 aliphatic heterocycles. The Morgan fingerprint density at radius 3 is 3.32 bits per heavy atom. The molecule has 2 aromatic heterocycles. The highest BCUT2D eigenvalue weighted by molar-refractivity contribution is 7.09. The van der Waals surface area contributed by atoms with Crippen LogP contribution in [0.25, 0.3) is 0 Å². The van der Waals surface area contributed by atoms with E-state index in [1.165, 1.54) is 24.1 Å². The van der Waals surface area contributed by atoms with Crippen LogP contribution in [0.2, 0.25) is 0 Å². The maximum atomic E-state index is 5.49. The van der Waals surface area contributed by atoms with Crippen molar-refractivity contribution in [1.82, 2.24) is 15.5 Å². The van der Waals surface area contributed by atoms with Gasteiger partial charge in [0.05, 0.1) is 6.04 Å². The minimum Gasteiger partial charge on any atom is -0.338 e. The maximum Gasteiger partial charge on any atom is 0.244 e. The lowest BCUT2D eigenvalue weighted by Gasteiger charge is -2.13. The third-order valence-electron chi connectivity index (χ3n) is 4.41. The number of nitrogens with one attached hydrogen (secondary N) is 1. The molecule has 1 N–H and O–H groups in total. The molecular weight excluding hydrogens is 258 g/mol. The lowest BCUT2D eigenvalue weighted by atomic mass is 9.94. The molecule has 0 radical (unpaired) electrons. The third kappa shape index (κ3) is 2.11. The van der Waals surface area contributed by atoms with E-state index in [1.54, 1.807) is 11.3 Å². The first-order chi connectivity index (χ1) is 9.40. The molecular formula is C14H17N3OS. The van der Waals surface area contributed by atoms with Crippen molar-refractivity contribution in [2.75, 3.05) is 6.54 Å². The van der Waals surface area contributed by atoms with Gasteiger partial charge in [0, 0.05) is 11.3 Å². The number of hydrogen-bond acceptors (Lipinski definition) is 5. The van der Waals surface area contributed by atoms with E-state index < -0.39 is 0 Å². The number of aromatic nitrogens is 2. The van der Waals surface area contributed by atoms with Gasteiger partial charge in [0.1, 0.15) is 0 Å². The van der Waals surface area contributed by atoms with Crippen LogP contribution in [-0.4, -0.2) is 16.7 Å². The molecule has 1 saturated carbocycles. The molecule has 0 amide bonds. The predicted molar refractivity (Wildman–Crippen MR) is 73.0 cm³/mol. The Labute approximate surface area is 116 Å². The lowest BCUT2D eigenvalue weighted by molar-refractivity contribution is 0.301. The van der Waals surface area contributed by atoms with Gasteiger partial charge in [0.25, 0.3) is 0 Å². The highest BCUT2D eigenvalue weighted by Gasteiger charge is 2.42. The summed E-state index contributed by atoms with van der Waals surface area (Å²) in [5.41, 5.74) is 0. The Bertz CT molecular complexity index is 551. The monoisotopic (exact) mass is 275 g/mol. The molecule has 4 rings (SSSR count). The van der Waals surface area contributed by atoms with E-state index in [4.69, 9.17) is 4.52 Å². The second-order valence-electron chi connectivity index (χ2n) is 5.55. The number of thiophene rings is 1. The van der Waals surface area contributed by atoms with E-state index >= 15 is 0 Å². The highest BCUT2D eigenvalue weighted by atomic mass is 32.1. The van der Waals surface area contributed by atoms with Gasteiger partial charge in [0.15, 0.2) is 5.82 Å². The van der Waals surface area contributed by atoms with Crippen LogP contribution in [0.5, 0.6) is 0 Å². The minimum absolute atomic E-state index is 0.289. The van der Waals surface area contributed by atoms with Gasteiger partial charge in [-0.1, -0.05) is 17.6 Å². The van der Waals surface area contributed by atoms with Gasteiger partial charge in [-0.25, -0.2) is 0 Å². The fourth-order valence-electron chi connectivity index (χ4n) is 3.49. The van der Waals surface area contributed by atoms with Gasteiger partial charge >= 0.3 is 0 Å². The summed E-state index contributed by atoms with van der Waals surface area (Å²) in [6.45, 7) is 1.11. The molecule has 0 spiro atoms. The molecule has 1 aliphatic carbocycles. The number of fused-ring (bicyclic) bond motifs is 1. The van der Waals surface area contributed by atoms with Gasteiger partial charge in [-0.15, -0.1) is 11.3 Å². The van der Waals surface area contributed by atoms with Gasteiger partial charge in [-0.3, -0.25) is 0 Å². The van der Waals surface area contributed by atoms with Crippen LogP contribution in [0.4, 0.5) is 0 Å². The van der Waals surface area contributed by atoms with Gasteiger partial charge in [0.2, 0.25) is 5.89 Å². The summed E-state index contributed by atoms with van der Waals surface area (Å²) in [5.74, 6) is 3.12. The van der Waals surface area contributed by atoms with E-state index in [2.05, 4.69) is 33.0 Å². The fourth-order valence-corrected chi connectivity index (χ4v) is 4.19. The van der Waals surface area contributed by atoms with Crippen LogP contribution in [0, 0.1) is 11.8 Å². The number of nitrogens with zero attached hydrogens (tertiary/aromatic N) is 2. The Kier molecular flexibility index (Phi) is 2.89. The van der Waals surface area contributed by atoms with E-state index in [-0.39, 0.29) is 6.04 Å². The van der Waals surface area contributed by atoms with Gasteiger partial charge < -0.3 is 9.84 Å². The van der Waals surface area contributed by atoms with Crippen molar-refractivity contribution >= 4 is 11.3 Å². The molecule has 19 heavy (non-hydrogen) atoms. The van der Waals surface area contributed by atoms with Crippen LogP contribution in [0.3, 0.4) is 0 Å². The van der Waals surface area contributed by atoms with Crippen molar-refractivity contribution in [2.24, 2.45) is 11.8 Å².